The molecule has 1 unspecified atom stereocenters. The van der Waals surface area contributed by atoms with Crippen LogP contribution in [0.1, 0.15) is 48.0 Å². The number of likely N-dealkylation sites (tertiary alicyclic amines) is 1. The van der Waals surface area contributed by atoms with E-state index in [2.05, 4.69) is 5.16 Å². The predicted octanol–water partition coefficient (Wildman–Crippen LogP) is 1.71. The van der Waals surface area contributed by atoms with Crippen molar-refractivity contribution in [1.82, 2.24) is 10.1 Å². The summed E-state index contributed by atoms with van der Waals surface area (Å²) >= 11 is 0. The molecule has 1 aromatic heterocycles. The number of aryl methyl sites for hydroxylation is 2. The highest BCUT2D eigenvalue weighted by Gasteiger charge is 2.35. The Kier molecular flexibility index (Phi) is 4.42. The molecule has 1 amide bonds. The van der Waals surface area contributed by atoms with Gasteiger partial charge in [-0.3, -0.25) is 4.79 Å². The quantitative estimate of drug-likeness (QED) is 0.788. The van der Waals surface area contributed by atoms with Crippen molar-refractivity contribution < 1.29 is 18.8 Å². The second-order valence-electron chi connectivity index (χ2n) is 4.95. The summed E-state index contributed by atoms with van der Waals surface area (Å²) in [6.45, 7) is 4.20. The topological polar surface area (TPSA) is 72.6 Å². The third-order valence-corrected chi connectivity index (χ3v) is 3.72. The highest BCUT2D eigenvalue weighted by Crippen LogP contribution is 2.24. The normalized spacial score (nSPS) is 18.9. The standard InChI is InChI=1S/C14H20N2O4/c1-4-10-12(9(2)20-15-10)13(17)16-8-6-5-7-11(16)14(18)19-3/h11H,4-8H2,1-3H3. The van der Waals surface area contributed by atoms with Gasteiger partial charge in [-0.05, 0) is 32.6 Å². The molecule has 20 heavy (non-hydrogen) atoms. The molecule has 1 aromatic rings. The van der Waals surface area contributed by atoms with E-state index in [9.17, 15) is 9.59 Å². The van der Waals surface area contributed by atoms with E-state index in [1.54, 1.807) is 11.8 Å². The van der Waals surface area contributed by atoms with E-state index in [0.717, 1.165) is 12.8 Å². The Morgan fingerprint density at radius 2 is 2.20 bits per heavy atom. The van der Waals surface area contributed by atoms with Gasteiger partial charge >= 0.3 is 5.97 Å². The maximum Gasteiger partial charge on any atom is 0.328 e. The van der Waals surface area contributed by atoms with Crippen molar-refractivity contribution in [1.29, 1.82) is 0 Å². The Morgan fingerprint density at radius 3 is 2.85 bits per heavy atom. The van der Waals surface area contributed by atoms with Gasteiger partial charge in [0.25, 0.3) is 5.91 Å². The highest BCUT2D eigenvalue weighted by atomic mass is 16.5. The summed E-state index contributed by atoms with van der Waals surface area (Å²) in [5.41, 5.74) is 1.13. The third-order valence-electron chi connectivity index (χ3n) is 3.72. The molecular weight excluding hydrogens is 260 g/mol. The first-order chi connectivity index (χ1) is 9.60. The minimum atomic E-state index is -0.500. The second kappa shape index (κ2) is 6.07. The van der Waals surface area contributed by atoms with Crippen LogP contribution in [-0.4, -0.2) is 41.6 Å². The van der Waals surface area contributed by atoms with Gasteiger partial charge in [-0.25, -0.2) is 4.79 Å². The summed E-state index contributed by atoms with van der Waals surface area (Å²) in [5, 5.41) is 3.90. The first-order valence-electron chi connectivity index (χ1n) is 6.94. The molecule has 1 atom stereocenters. The largest absolute Gasteiger partial charge is 0.467 e. The number of carbonyl (C=O) groups is 2. The van der Waals surface area contributed by atoms with Crippen LogP contribution in [0.4, 0.5) is 0 Å². The van der Waals surface area contributed by atoms with Crippen molar-refractivity contribution in [2.75, 3.05) is 13.7 Å². The Bertz CT molecular complexity index is 509. The fraction of sp³-hybridized carbons (Fsp3) is 0.643. The molecule has 6 heteroatoms. The van der Waals surface area contributed by atoms with Crippen LogP contribution in [0.15, 0.2) is 4.52 Å². The van der Waals surface area contributed by atoms with Crippen LogP contribution in [0, 0.1) is 6.92 Å². The third kappa shape index (κ3) is 2.55. The number of methoxy groups -OCH3 is 1. The summed E-state index contributed by atoms with van der Waals surface area (Å²) < 4.78 is 9.91. The summed E-state index contributed by atoms with van der Waals surface area (Å²) in [7, 11) is 1.35. The van der Waals surface area contributed by atoms with Crippen LogP contribution < -0.4 is 0 Å². The number of rotatable bonds is 3. The van der Waals surface area contributed by atoms with Crippen molar-refractivity contribution in [3.05, 3.63) is 17.0 Å². The van der Waals surface area contributed by atoms with Crippen LogP contribution in [0.25, 0.3) is 0 Å². The van der Waals surface area contributed by atoms with Gasteiger partial charge < -0.3 is 14.2 Å². The van der Waals surface area contributed by atoms with E-state index in [1.165, 1.54) is 7.11 Å². The summed E-state index contributed by atoms with van der Waals surface area (Å²) in [4.78, 5) is 26.1. The Balaban J connectivity index is 2.30. The van der Waals surface area contributed by atoms with Crippen LogP contribution in [0.3, 0.4) is 0 Å². The Labute approximate surface area is 118 Å². The number of hydrogen-bond donors (Lipinski definition) is 0. The van der Waals surface area contributed by atoms with Gasteiger partial charge in [-0.2, -0.15) is 0 Å². The van der Waals surface area contributed by atoms with Crippen LogP contribution in [-0.2, 0) is 16.0 Å². The molecule has 0 aromatic carbocycles. The number of ether oxygens (including phenoxy) is 1. The van der Waals surface area contributed by atoms with Gasteiger partial charge in [0.15, 0.2) is 0 Å². The predicted molar refractivity (Wildman–Crippen MR) is 71.3 cm³/mol. The highest BCUT2D eigenvalue weighted by molar-refractivity contribution is 5.98. The van der Waals surface area contributed by atoms with Crippen LogP contribution in [0.2, 0.25) is 0 Å². The fourth-order valence-corrected chi connectivity index (χ4v) is 2.63. The molecule has 110 valence electrons. The van der Waals surface area contributed by atoms with Crippen molar-refractivity contribution in [2.45, 2.75) is 45.6 Å². The van der Waals surface area contributed by atoms with Crippen molar-refractivity contribution in [2.24, 2.45) is 0 Å². The lowest BCUT2D eigenvalue weighted by Crippen LogP contribution is -2.48. The molecule has 2 heterocycles. The van der Waals surface area contributed by atoms with Gasteiger partial charge in [0.05, 0.1) is 12.8 Å². The summed E-state index contributed by atoms with van der Waals surface area (Å²) in [6.07, 6.45) is 3.08. The van der Waals surface area contributed by atoms with Crippen LogP contribution >= 0.6 is 0 Å². The number of carbonyl (C=O) groups excluding carboxylic acids is 2. The molecule has 0 bridgehead atoms. The molecule has 1 fully saturated rings. The van der Waals surface area contributed by atoms with E-state index in [-0.39, 0.29) is 11.9 Å². The lowest BCUT2D eigenvalue weighted by atomic mass is 10.00. The van der Waals surface area contributed by atoms with E-state index in [4.69, 9.17) is 9.26 Å². The molecule has 6 nitrogen and oxygen atoms in total. The fourth-order valence-electron chi connectivity index (χ4n) is 2.63. The second-order valence-corrected chi connectivity index (χ2v) is 4.95. The average Bonchev–Trinajstić information content (AvgIpc) is 2.86. The Hall–Kier alpha value is -1.85. The number of aromatic nitrogens is 1. The van der Waals surface area contributed by atoms with Gasteiger partial charge in [0.2, 0.25) is 0 Å². The number of hydrogen-bond acceptors (Lipinski definition) is 5. The molecule has 0 saturated carbocycles. The zero-order chi connectivity index (χ0) is 14.7. The van der Waals surface area contributed by atoms with Gasteiger partial charge in [-0.15, -0.1) is 0 Å². The number of amides is 1. The van der Waals surface area contributed by atoms with Gasteiger partial charge in [0.1, 0.15) is 17.4 Å². The van der Waals surface area contributed by atoms with Gasteiger partial charge in [-0.1, -0.05) is 12.1 Å². The first kappa shape index (κ1) is 14.6. The van der Waals surface area contributed by atoms with Crippen molar-refractivity contribution in [3.8, 4) is 0 Å². The maximum absolute atomic E-state index is 12.7. The number of nitrogens with zero attached hydrogens (tertiary/aromatic N) is 2. The Morgan fingerprint density at radius 1 is 1.45 bits per heavy atom. The minimum Gasteiger partial charge on any atom is -0.467 e. The van der Waals surface area contributed by atoms with Crippen LogP contribution in [0.5, 0.6) is 0 Å². The van der Waals surface area contributed by atoms with Crippen molar-refractivity contribution >= 4 is 11.9 Å². The maximum atomic E-state index is 12.7. The average molecular weight is 280 g/mol. The molecule has 1 saturated heterocycles. The first-order valence-corrected chi connectivity index (χ1v) is 6.94. The molecule has 0 radical (unpaired) electrons. The molecule has 1 aliphatic rings. The summed E-state index contributed by atoms with van der Waals surface area (Å²) in [5.74, 6) is -0.0399. The monoisotopic (exact) mass is 280 g/mol. The molecule has 0 aliphatic carbocycles. The lowest BCUT2D eigenvalue weighted by Gasteiger charge is -2.33. The minimum absolute atomic E-state index is 0.185. The zero-order valence-corrected chi connectivity index (χ0v) is 12.1. The SMILES string of the molecule is CCc1noc(C)c1C(=O)N1CCCCC1C(=O)OC. The number of piperidine rings is 1. The lowest BCUT2D eigenvalue weighted by molar-refractivity contribution is -0.147. The molecule has 1 aliphatic heterocycles. The van der Waals surface area contributed by atoms with Crippen molar-refractivity contribution in [3.63, 3.8) is 0 Å². The van der Waals surface area contributed by atoms with Gasteiger partial charge in [0, 0.05) is 6.54 Å². The molecular formula is C14H20N2O4. The smallest absolute Gasteiger partial charge is 0.328 e. The number of esters is 1. The molecule has 0 N–H and O–H groups in total. The summed E-state index contributed by atoms with van der Waals surface area (Å²) in [6, 6.07) is -0.500. The van der Waals surface area contributed by atoms with E-state index in [0.29, 0.717) is 36.4 Å². The molecule has 2 rings (SSSR count). The van der Waals surface area contributed by atoms with E-state index >= 15 is 0 Å². The van der Waals surface area contributed by atoms with E-state index < -0.39 is 6.04 Å². The molecule has 0 spiro atoms. The zero-order valence-electron chi connectivity index (χ0n) is 12.1. The van der Waals surface area contributed by atoms with E-state index in [1.807, 2.05) is 6.92 Å².